The molecule has 2 N–H and O–H groups in total. The van der Waals surface area contributed by atoms with Crippen LogP contribution < -0.4 is 10.9 Å². The van der Waals surface area contributed by atoms with Crippen molar-refractivity contribution >= 4 is 5.97 Å². The molecule has 6 heteroatoms. The molecule has 1 aliphatic heterocycles. The van der Waals surface area contributed by atoms with Gasteiger partial charge in [0.05, 0.1) is 11.9 Å². The summed E-state index contributed by atoms with van der Waals surface area (Å²) in [4.78, 5) is 24.1. The van der Waals surface area contributed by atoms with Crippen molar-refractivity contribution in [2.45, 2.75) is 108 Å². The molecule has 6 nitrogen and oxygen atoms in total. The van der Waals surface area contributed by atoms with Gasteiger partial charge in [-0.15, -0.1) is 0 Å². The lowest BCUT2D eigenvalue weighted by Crippen LogP contribution is -2.62. The summed E-state index contributed by atoms with van der Waals surface area (Å²) < 4.78 is 11.2. The molecule has 2 heterocycles. The number of ether oxygens (including phenoxy) is 1. The Kier molecular flexibility index (Phi) is 5.72. The first-order valence-corrected chi connectivity index (χ1v) is 14.0. The van der Waals surface area contributed by atoms with E-state index >= 15 is 0 Å². The second-order valence-corrected chi connectivity index (χ2v) is 12.8. The minimum absolute atomic E-state index is 0.0417. The molecule has 0 bridgehead atoms. The van der Waals surface area contributed by atoms with Gasteiger partial charge in [-0.05, 0) is 118 Å². The summed E-state index contributed by atoms with van der Waals surface area (Å²) in [5.74, 6) is 1.55. The Bertz CT molecular complexity index is 1010. The van der Waals surface area contributed by atoms with Crippen LogP contribution >= 0.6 is 0 Å². The Hall–Kier alpha value is -1.66. The number of carbonyl (C=O) groups is 1. The van der Waals surface area contributed by atoms with Crippen LogP contribution in [0.4, 0.5) is 0 Å². The van der Waals surface area contributed by atoms with Gasteiger partial charge in [0.15, 0.2) is 0 Å². The Morgan fingerprint density at radius 2 is 1.91 bits per heavy atom. The van der Waals surface area contributed by atoms with Crippen LogP contribution in [0, 0.1) is 28.6 Å². The second kappa shape index (κ2) is 8.44. The number of aliphatic hydroxyl groups is 1. The Labute approximate surface area is 208 Å². The fourth-order valence-electron chi connectivity index (χ4n) is 9.53. The van der Waals surface area contributed by atoms with Crippen molar-refractivity contribution in [3.8, 4) is 0 Å². The summed E-state index contributed by atoms with van der Waals surface area (Å²) in [6.45, 7) is 5.67. The van der Waals surface area contributed by atoms with Crippen molar-refractivity contribution in [3.05, 3.63) is 34.4 Å². The highest BCUT2D eigenvalue weighted by atomic mass is 16.5. The molecule has 192 valence electrons. The van der Waals surface area contributed by atoms with Crippen molar-refractivity contribution in [1.82, 2.24) is 5.32 Å². The van der Waals surface area contributed by atoms with E-state index in [1.54, 1.807) is 6.26 Å². The molecule has 1 aromatic heterocycles. The van der Waals surface area contributed by atoms with Gasteiger partial charge in [0.25, 0.3) is 0 Å². The van der Waals surface area contributed by atoms with E-state index in [0.29, 0.717) is 17.8 Å². The van der Waals surface area contributed by atoms with Crippen molar-refractivity contribution in [2.75, 3.05) is 6.54 Å². The van der Waals surface area contributed by atoms with Gasteiger partial charge in [-0.2, -0.15) is 0 Å². The number of carbonyl (C=O) groups excluding carboxylic acids is 1. The van der Waals surface area contributed by atoms with Crippen LogP contribution in [0.3, 0.4) is 0 Å². The van der Waals surface area contributed by atoms with Crippen LogP contribution in [0.1, 0.15) is 96.0 Å². The monoisotopic (exact) mass is 483 g/mol. The summed E-state index contributed by atoms with van der Waals surface area (Å²) >= 11 is 0. The highest BCUT2D eigenvalue weighted by Gasteiger charge is 2.67. The van der Waals surface area contributed by atoms with Gasteiger partial charge in [0.2, 0.25) is 0 Å². The van der Waals surface area contributed by atoms with E-state index in [-0.39, 0.29) is 40.5 Å². The standard InChI is InChI=1S/C29H41NO5/c1-27-12-9-20(35-26(32)24-4-3-15-30-24)16-19(27)6-7-23-22(27)10-13-28(2)21(11-14-29(23,28)33)18-5-8-25(31)34-17-18/h5,8,17,19-24,30,33H,3-4,6-7,9-16H2,1-2H3/t19-,20+,21-,22+,23-,24?,27+,28-,29+/m1/s1. The maximum atomic E-state index is 12.6. The van der Waals surface area contributed by atoms with Crippen LogP contribution in [0.25, 0.3) is 0 Å². The van der Waals surface area contributed by atoms with Crippen LogP contribution in [-0.4, -0.2) is 35.4 Å². The van der Waals surface area contributed by atoms with Crippen LogP contribution in [0.15, 0.2) is 27.6 Å². The van der Waals surface area contributed by atoms with Gasteiger partial charge in [-0.1, -0.05) is 13.8 Å². The maximum absolute atomic E-state index is 12.6. The first-order chi connectivity index (χ1) is 16.7. The van der Waals surface area contributed by atoms with Crippen molar-refractivity contribution in [1.29, 1.82) is 0 Å². The van der Waals surface area contributed by atoms with Gasteiger partial charge in [-0.25, -0.2) is 4.79 Å². The van der Waals surface area contributed by atoms with Crippen molar-refractivity contribution in [2.24, 2.45) is 28.6 Å². The quantitative estimate of drug-likeness (QED) is 0.614. The molecule has 0 radical (unpaired) electrons. The number of nitrogens with one attached hydrogen (secondary N) is 1. The van der Waals surface area contributed by atoms with Crippen LogP contribution in [0.2, 0.25) is 0 Å². The van der Waals surface area contributed by atoms with Gasteiger partial charge in [-0.3, -0.25) is 4.79 Å². The summed E-state index contributed by atoms with van der Waals surface area (Å²) in [6, 6.07) is 3.31. The van der Waals surface area contributed by atoms with E-state index in [0.717, 1.165) is 82.7 Å². The molecule has 6 rings (SSSR count). The van der Waals surface area contributed by atoms with E-state index in [1.165, 1.54) is 6.07 Å². The lowest BCUT2D eigenvalue weighted by Gasteiger charge is -2.63. The number of fused-ring (bicyclic) bond motifs is 5. The summed E-state index contributed by atoms with van der Waals surface area (Å²) in [5.41, 5.74) is 0.0652. The highest BCUT2D eigenvalue weighted by Crippen LogP contribution is 2.70. The molecule has 0 spiro atoms. The predicted molar refractivity (Wildman–Crippen MR) is 132 cm³/mol. The summed E-state index contributed by atoms with van der Waals surface area (Å²) in [7, 11) is 0. The second-order valence-electron chi connectivity index (χ2n) is 12.8. The zero-order chi connectivity index (χ0) is 24.4. The van der Waals surface area contributed by atoms with E-state index in [2.05, 4.69) is 19.2 Å². The van der Waals surface area contributed by atoms with E-state index in [4.69, 9.17) is 9.15 Å². The molecule has 9 atom stereocenters. The smallest absolute Gasteiger partial charge is 0.335 e. The molecule has 1 aromatic rings. The van der Waals surface area contributed by atoms with Crippen molar-refractivity contribution in [3.63, 3.8) is 0 Å². The summed E-state index contributed by atoms with van der Waals surface area (Å²) in [5, 5.41) is 15.7. The number of hydrogen-bond donors (Lipinski definition) is 2. The Morgan fingerprint density at radius 3 is 2.66 bits per heavy atom. The minimum Gasteiger partial charge on any atom is -0.461 e. The predicted octanol–water partition coefficient (Wildman–Crippen LogP) is 4.54. The average Bonchev–Trinajstić information content (AvgIpc) is 3.47. The lowest BCUT2D eigenvalue weighted by molar-refractivity contribution is -0.207. The van der Waals surface area contributed by atoms with E-state index in [9.17, 15) is 14.7 Å². The number of hydrogen-bond acceptors (Lipinski definition) is 6. The molecule has 5 fully saturated rings. The number of rotatable bonds is 3. The molecule has 4 saturated carbocycles. The SMILES string of the molecule is C[C@]12CC[C@H](OC(=O)C3CCCN3)C[C@H]1CC[C@@H]1[C@@H]2CC[C@]2(C)[C@@H](c3ccc(=O)oc3)CC[C@]12O. The molecular formula is C29H41NO5. The van der Waals surface area contributed by atoms with Crippen molar-refractivity contribution < 1.29 is 19.1 Å². The first-order valence-electron chi connectivity index (χ1n) is 14.0. The van der Waals surface area contributed by atoms with E-state index < -0.39 is 5.60 Å². The van der Waals surface area contributed by atoms with Gasteiger partial charge < -0.3 is 19.6 Å². The molecule has 0 amide bonds. The topological polar surface area (TPSA) is 88.8 Å². The molecule has 5 aliphatic rings. The highest BCUT2D eigenvalue weighted by molar-refractivity contribution is 5.76. The Morgan fingerprint density at radius 1 is 1.06 bits per heavy atom. The normalized spacial score (nSPS) is 46.9. The van der Waals surface area contributed by atoms with Crippen LogP contribution in [0.5, 0.6) is 0 Å². The fourth-order valence-corrected chi connectivity index (χ4v) is 9.53. The molecule has 0 aromatic carbocycles. The summed E-state index contributed by atoms with van der Waals surface area (Å²) in [6.07, 6.45) is 12.7. The zero-order valence-corrected chi connectivity index (χ0v) is 21.3. The third-order valence-electron chi connectivity index (χ3n) is 11.6. The largest absolute Gasteiger partial charge is 0.461 e. The molecule has 35 heavy (non-hydrogen) atoms. The average molecular weight is 484 g/mol. The molecule has 1 unspecified atom stereocenters. The molecule has 4 aliphatic carbocycles. The molecular weight excluding hydrogens is 442 g/mol. The van der Waals surface area contributed by atoms with E-state index in [1.807, 2.05) is 6.07 Å². The third kappa shape index (κ3) is 3.57. The molecule has 1 saturated heterocycles. The zero-order valence-electron chi connectivity index (χ0n) is 21.3. The third-order valence-corrected chi connectivity index (χ3v) is 11.6. The Balaban J connectivity index is 1.19. The minimum atomic E-state index is -0.678. The van der Waals surface area contributed by atoms with Gasteiger partial charge in [0, 0.05) is 11.5 Å². The van der Waals surface area contributed by atoms with Crippen LogP contribution in [-0.2, 0) is 9.53 Å². The lowest BCUT2D eigenvalue weighted by atomic mass is 9.43. The number of esters is 1. The van der Waals surface area contributed by atoms with Gasteiger partial charge in [0.1, 0.15) is 12.1 Å². The fraction of sp³-hybridized carbons (Fsp3) is 0.793. The maximum Gasteiger partial charge on any atom is 0.335 e. The first kappa shape index (κ1) is 23.7. The van der Waals surface area contributed by atoms with Gasteiger partial charge >= 0.3 is 11.6 Å².